The van der Waals surface area contributed by atoms with E-state index < -0.39 is 0 Å². The summed E-state index contributed by atoms with van der Waals surface area (Å²) in [6, 6.07) is 10.5. The van der Waals surface area contributed by atoms with Crippen molar-refractivity contribution in [2.45, 2.75) is 19.8 Å². The molecule has 0 saturated heterocycles. The van der Waals surface area contributed by atoms with Crippen LogP contribution in [0.1, 0.15) is 18.9 Å². The van der Waals surface area contributed by atoms with Gasteiger partial charge >= 0.3 is 0 Å². The lowest BCUT2D eigenvalue weighted by atomic mass is 10.1. The van der Waals surface area contributed by atoms with Crippen molar-refractivity contribution in [3.8, 4) is 11.8 Å². The third-order valence-corrected chi connectivity index (χ3v) is 2.37. The van der Waals surface area contributed by atoms with Gasteiger partial charge in [0.2, 0.25) is 0 Å². The second-order valence-electron chi connectivity index (χ2n) is 2.95. The highest BCUT2D eigenvalue weighted by Gasteiger charge is 1.89. The molecule has 1 heteroatoms. The van der Waals surface area contributed by atoms with Gasteiger partial charge in [0.05, 0.1) is 4.48 Å². The summed E-state index contributed by atoms with van der Waals surface area (Å²) in [7, 11) is 0. The van der Waals surface area contributed by atoms with E-state index in [1.807, 2.05) is 13.0 Å². The molecule has 1 aromatic rings. The van der Waals surface area contributed by atoms with E-state index in [0.29, 0.717) is 0 Å². The van der Waals surface area contributed by atoms with Crippen molar-refractivity contribution in [3.05, 3.63) is 46.5 Å². The molecule has 0 heterocycles. The molecule has 14 heavy (non-hydrogen) atoms. The number of rotatable bonds is 3. The van der Waals surface area contributed by atoms with Crippen LogP contribution in [0.25, 0.3) is 0 Å². The lowest BCUT2D eigenvalue weighted by Gasteiger charge is -1.96. The van der Waals surface area contributed by atoms with E-state index in [1.54, 1.807) is 0 Å². The van der Waals surface area contributed by atoms with Crippen LogP contribution < -0.4 is 0 Å². The quantitative estimate of drug-likeness (QED) is 0.712. The van der Waals surface area contributed by atoms with Gasteiger partial charge in [-0.25, -0.2) is 0 Å². The highest BCUT2D eigenvalue weighted by molar-refractivity contribution is 9.12. The average molecular weight is 249 g/mol. The fourth-order valence-corrected chi connectivity index (χ4v) is 1.61. The number of hydrogen-bond donors (Lipinski definition) is 0. The zero-order valence-electron chi connectivity index (χ0n) is 8.26. The first-order valence-electron chi connectivity index (χ1n) is 4.65. The van der Waals surface area contributed by atoms with Gasteiger partial charge in [0, 0.05) is 0 Å². The summed E-state index contributed by atoms with van der Waals surface area (Å²) in [5, 5.41) is 0. The lowest BCUT2D eigenvalue weighted by molar-refractivity contribution is 1.00. The van der Waals surface area contributed by atoms with Crippen molar-refractivity contribution in [2.75, 3.05) is 0 Å². The number of benzene rings is 1. The molecular formula is C13H13Br. The average Bonchev–Trinajstić information content (AvgIpc) is 2.20. The van der Waals surface area contributed by atoms with E-state index in [9.17, 15) is 0 Å². The van der Waals surface area contributed by atoms with Crippen LogP contribution in [0.15, 0.2) is 40.9 Å². The lowest BCUT2D eigenvalue weighted by Crippen LogP contribution is -1.81. The highest BCUT2D eigenvalue weighted by Crippen LogP contribution is 2.08. The minimum atomic E-state index is 0.982. The normalized spacial score (nSPS) is 10.6. The minimum absolute atomic E-state index is 0.982. The second-order valence-corrected chi connectivity index (χ2v) is 3.81. The molecule has 0 amide bonds. The zero-order chi connectivity index (χ0) is 10.2. The molecule has 0 radical (unpaired) electrons. The molecule has 0 aromatic heterocycles. The van der Waals surface area contributed by atoms with Crippen molar-refractivity contribution >= 4 is 15.9 Å². The van der Waals surface area contributed by atoms with Crippen molar-refractivity contribution < 1.29 is 0 Å². The van der Waals surface area contributed by atoms with E-state index in [4.69, 9.17) is 0 Å². The Hall–Kier alpha value is -1.00. The van der Waals surface area contributed by atoms with Crippen LogP contribution in [0.5, 0.6) is 0 Å². The Morgan fingerprint density at radius 3 is 2.71 bits per heavy atom. The van der Waals surface area contributed by atoms with Crippen LogP contribution in [0.2, 0.25) is 0 Å². The van der Waals surface area contributed by atoms with Gasteiger partial charge in [0.25, 0.3) is 0 Å². The molecule has 0 nitrogen and oxygen atoms in total. The molecule has 0 fully saturated rings. The standard InChI is InChI=1S/C13H13Br/c1-2-7-13(14)11-6-10-12-8-4-3-5-9-12/h3-5,8-9,11H,6,10H2,1H3/b13-11-. The molecular weight excluding hydrogens is 236 g/mol. The summed E-state index contributed by atoms with van der Waals surface area (Å²) in [5.41, 5.74) is 1.37. The van der Waals surface area contributed by atoms with Crippen molar-refractivity contribution in [1.82, 2.24) is 0 Å². The van der Waals surface area contributed by atoms with E-state index in [0.717, 1.165) is 17.3 Å². The molecule has 0 saturated carbocycles. The Kier molecular flexibility index (Phi) is 5.11. The van der Waals surface area contributed by atoms with Crippen LogP contribution in [0.3, 0.4) is 0 Å². The third kappa shape index (κ3) is 4.30. The molecule has 0 atom stereocenters. The van der Waals surface area contributed by atoms with Crippen LogP contribution in [-0.4, -0.2) is 0 Å². The van der Waals surface area contributed by atoms with Gasteiger partial charge < -0.3 is 0 Å². The highest BCUT2D eigenvalue weighted by atomic mass is 79.9. The van der Waals surface area contributed by atoms with Crippen LogP contribution >= 0.6 is 15.9 Å². The van der Waals surface area contributed by atoms with Gasteiger partial charge in [0.1, 0.15) is 0 Å². The molecule has 0 aliphatic carbocycles. The third-order valence-electron chi connectivity index (χ3n) is 1.84. The SMILES string of the molecule is CC#C/C(Br)=C/CCc1ccccc1. The Bertz CT molecular complexity index is 352. The Morgan fingerprint density at radius 1 is 1.36 bits per heavy atom. The second kappa shape index (κ2) is 6.45. The zero-order valence-corrected chi connectivity index (χ0v) is 9.84. The first-order valence-corrected chi connectivity index (χ1v) is 5.44. The summed E-state index contributed by atoms with van der Waals surface area (Å²) >= 11 is 3.40. The molecule has 1 aromatic carbocycles. The smallest absolute Gasteiger partial charge is 0.0634 e. The topological polar surface area (TPSA) is 0 Å². The summed E-state index contributed by atoms with van der Waals surface area (Å²) in [5.74, 6) is 5.81. The van der Waals surface area contributed by atoms with Crippen LogP contribution in [0, 0.1) is 11.8 Å². The van der Waals surface area contributed by atoms with Crippen LogP contribution in [0.4, 0.5) is 0 Å². The monoisotopic (exact) mass is 248 g/mol. The number of halogens is 1. The van der Waals surface area contributed by atoms with E-state index in [-0.39, 0.29) is 0 Å². The summed E-state index contributed by atoms with van der Waals surface area (Å²) in [6.07, 6.45) is 4.21. The Balaban J connectivity index is 2.41. The van der Waals surface area contributed by atoms with E-state index >= 15 is 0 Å². The maximum atomic E-state index is 3.40. The molecule has 1 rings (SSSR count). The number of hydrogen-bond acceptors (Lipinski definition) is 0. The van der Waals surface area contributed by atoms with Crippen molar-refractivity contribution in [1.29, 1.82) is 0 Å². The van der Waals surface area contributed by atoms with Gasteiger partial charge in [-0.3, -0.25) is 0 Å². The predicted octanol–water partition coefficient (Wildman–Crippen LogP) is 3.92. The van der Waals surface area contributed by atoms with E-state index in [1.165, 1.54) is 5.56 Å². The molecule has 0 aliphatic rings. The maximum Gasteiger partial charge on any atom is 0.0634 e. The van der Waals surface area contributed by atoms with Crippen molar-refractivity contribution in [3.63, 3.8) is 0 Å². The number of aryl methyl sites for hydroxylation is 1. The first-order chi connectivity index (χ1) is 6.83. The Labute approximate surface area is 94.2 Å². The van der Waals surface area contributed by atoms with Gasteiger partial charge in [-0.15, -0.1) is 5.92 Å². The fourth-order valence-electron chi connectivity index (χ4n) is 1.18. The fraction of sp³-hybridized carbons (Fsp3) is 0.231. The minimum Gasteiger partial charge on any atom is -0.101 e. The molecule has 0 N–H and O–H groups in total. The van der Waals surface area contributed by atoms with Crippen molar-refractivity contribution in [2.24, 2.45) is 0 Å². The molecule has 0 unspecified atom stereocenters. The first kappa shape index (κ1) is 11.1. The summed E-state index contributed by atoms with van der Waals surface area (Å²) < 4.78 is 0.982. The largest absolute Gasteiger partial charge is 0.101 e. The van der Waals surface area contributed by atoms with Gasteiger partial charge in [-0.05, 0) is 41.3 Å². The van der Waals surface area contributed by atoms with Gasteiger partial charge in [0.15, 0.2) is 0 Å². The summed E-state index contributed by atoms with van der Waals surface area (Å²) in [4.78, 5) is 0. The summed E-state index contributed by atoms with van der Waals surface area (Å²) in [6.45, 7) is 1.84. The molecule has 0 aliphatic heterocycles. The molecule has 0 spiro atoms. The molecule has 72 valence electrons. The molecule has 0 bridgehead atoms. The number of allylic oxidation sites excluding steroid dienone is 2. The predicted molar refractivity (Wildman–Crippen MR) is 65.2 cm³/mol. The van der Waals surface area contributed by atoms with Crippen LogP contribution in [-0.2, 0) is 6.42 Å². The maximum absolute atomic E-state index is 3.40. The van der Waals surface area contributed by atoms with Gasteiger partial charge in [-0.2, -0.15) is 0 Å². The van der Waals surface area contributed by atoms with E-state index in [2.05, 4.69) is 58.1 Å². The Morgan fingerprint density at radius 2 is 2.07 bits per heavy atom. The van der Waals surface area contributed by atoms with Gasteiger partial charge in [-0.1, -0.05) is 42.3 Å².